The van der Waals surface area contributed by atoms with Crippen molar-refractivity contribution in [1.29, 1.82) is 0 Å². The van der Waals surface area contributed by atoms with Crippen molar-refractivity contribution >= 4 is 47.4 Å². The van der Waals surface area contributed by atoms with Crippen LogP contribution in [0.2, 0.25) is 0 Å². The number of amides is 6. The summed E-state index contributed by atoms with van der Waals surface area (Å²) in [6, 6.07) is -4.00. The van der Waals surface area contributed by atoms with Gasteiger partial charge in [-0.25, -0.2) is 0 Å². The number of aliphatic imine (C=N–C) groups is 1. The van der Waals surface area contributed by atoms with Gasteiger partial charge in [0.05, 0.1) is 19.5 Å². The van der Waals surface area contributed by atoms with Gasteiger partial charge in [0.1, 0.15) is 18.1 Å². The Balaban J connectivity index is 3.10. The molecule has 1 rings (SSSR count). The Morgan fingerprint density at radius 3 is 1.95 bits per heavy atom. The molecule has 0 radical (unpaired) electrons. The van der Waals surface area contributed by atoms with Crippen molar-refractivity contribution in [2.75, 3.05) is 19.6 Å². The van der Waals surface area contributed by atoms with Crippen LogP contribution in [0.4, 0.5) is 13.2 Å². The van der Waals surface area contributed by atoms with Crippen molar-refractivity contribution in [3.05, 3.63) is 0 Å². The van der Waals surface area contributed by atoms with Crippen molar-refractivity contribution < 1.29 is 51.8 Å². The number of aliphatic carboxylic acids is 1. The fourth-order valence-electron chi connectivity index (χ4n) is 3.59. The molecule has 0 aromatic carbocycles. The minimum atomic E-state index is -5.18. The van der Waals surface area contributed by atoms with Crippen LogP contribution in [0.15, 0.2) is 4.99 Å². The maximum absolute atomic E-state index is 13.1. The number of hydrogen-bond acceptors (Lipinski definition) is 8. The number of guanidine groups is 1. The number of carboxylic acids is 1. The van der Waals surface area contributed by atoms with Gasteiger partial charge in [0.15, 0.2) is 5.96 Å². The highest BCUT2D eigenvalue weighted by molar-refractivity contribution is 5.99. The molecule has 236 valence electrons. The van der Waals surface area contributed by atoms with Crippen LogP contribution in [-0.4, -0.2) is 96.4 Å². The highest BCUT2D eigenvalue weighted by Crippen LogP contribution is 2.13. The van der Waals surface area contributed by atoms with Gasteiger partial charge in [0, 0.05) is 6.54 Å². The van der Waals surface area contributed by atoms with Gasteiger partial charge in [0.25, 0.3) is 0 Å². The summed E-state index contributed by atoms with van der Waals surface area (Å²) in [5.74, 6) is -8.89. The molecule has 6 amide bonds. The number of carbonyl (C=O) groups excluding carboxylic acids is 6. The summed E-state index contributed by atoms with van der Waals surface area (Å²) in [6.07, 6.45) is -3.97. The molecule has 1 fully saturated rings. The van der Waals surface area contributed by atoms with Gasteiger partial charge >= 0.3 is 18.1 Å². The molecule has 9 N–H and O–H groups in total. The fourth-order valence-corrected chi connectivity index (χ4v) is 3.59. The molecule has 0 aromatic heterocycles. The average molecular weight is 609 g/mol. The summed E-state index contributed by atoms with van der Waals surface area (Å²) >= 11 is 0. The Labute approximate surface area is 238 Å². The van der Waals surface area contributed by atoms with Gasteiger partial charge in [-0.15, -0.1) is 0 Å². The Bertz CT molecular complexity index is 1050. The molecule has 3 atom stereocenters. The predicted octanol–water partition coefficient (Wildman–Crippen LogP) is -2.48. The molecule has 19 heteroatoms. The number of nitrogens with zero attached hydrogens (tertiary/aromatic N) is 1. The molecule has 1 aliphatic rings. The van der Waals surface area contributed by atoms with E-state index in [1.54, 1.807) is 0 Å². The van der Waals surface area contributed by atoms with Crippen LogP contribution >= 0.6 is 0 Å². The SMILES string of the molecule is CCCCCC1NC(=O)CNC(=O)C(CC(=O)O)NC(=O)CNC(=O)C(CCCN=C(N)NC(=O)C(F)(F)F)NC1=O. The molecular formula is C23H35F3N8O8. The summed E-state index contributed by atoms with van der Waals surface area (Å²) in [5.41, 5.74) is 5.27. The van der Waals surface area contributed by atoms with E-state index in [4.69, 9.17) is 10.8 Å². The van der Waals surface area contributed by atoms with Gasteiger partial charge in [-0.3, -0.25) is 43.9 Å². The van der Waals surface area contributed by atoms with Crippen LogP contribution in [0.5, 0.6) is 0 Å². The van der Waals surface area contributed by atoms with E-state index in [0.29, 0.717) is 6.42 Å². The Kier molecular flexibility index (Phi) is 14.7. The van der Waals surface area contributed by atoms with Crippen molar-refractivity contribution in [3.8, 4) is 0 Å². The van der Waals surface area contributed by atoms with E-state index in [-0.39, 0.29) is 25.8 Å². The summed E-state index contributed by atoms with van der Waals surface area (Å²) in [6.45, 7) is 0.316. The lowest BCUT2D eigenvalue weighted by atomic mass is 10.1. The molecule has 1 aliphatic heterocycles. The Morgan fingerprint density at radius 1 is 0.881 bits per heavy atom. The summed E-state index contributed by atoms with van der Waals surface area (Å²) in [5, 5.41) is 22.0. The fraction of sp³-hybridized carbons (Fsp3) is 0.652. The van der Waals surface area contributed by atoms with Gasteiger partial charge in [0.2, 0.25) is 29.5 Å². The molecule has 0 spiro atoms. The number of hydrogen-bond donors (Lipinski definition) is 8. The minimum absolute atomic E-state index is 0.0287. The first-order chi connectivity index (χ1) is 19.6. The zero-order valence-corrected chi connectivity index (χ0v) is 22.8. The third-order valence-electron chi connectivity index (χ3n) is 5.69. The topological polar surface area (TPSA) is 250 Å². The van der Waals surface area contributed by atoms with Crippen LogP contribution in [0.25, 0.3) is 0 Å². The van der Waals surface area contributed by atoms with Crippen molar-refractivity contribution in [2.24, 2.45) is 10.7 Å². The summed E-state index contributed by atoms with van der Waals surface area (Å²) in [4.78, 5) is 88.8. The summed E-state index contributed by atoms with van der Waals surface area (Å²) < 4.78 is 37.0. The van der Waals surface area contributed by atoms with Gasteiger partial charge < -0.3 is 37.4 Å². The van der Waals surface area contributed by atoms with Gasteiger partial charge in [-0.05, 0) is 19.3 Å². The second-order valence-electron chi connectivity index (χ2n) is 9.19. The number of carboxylic acid groups (broad SMARTS) is 1. The van der Waals surface area contributed by atoms with Crippen LogP contribution in [0.3, 0.4) is 0 Å². The lowest BCUT2D eigenvalue weighted by Crippen LogP contribution is -2.55. The second kappa shape index (κ2) is 17.4. The van der Waals surface area contributed by atoms with E-state index < -0.39 is 91.2 Å². The molecule has 0 saturated carbocycles. The zero-order valence-electron chi connectivity index (χ0n) is 22.8. The molecule has 42 heavy (non-hydrogen) atoms. The van der Waals surface area contributed by atoms with E-state index in [2.05, 4.69) is 31.6 Å². The Hall–Kier alpha value is -4.45. The standard InChI is InChI=1S/C23H35F3N8O8/c1-2-3-4-6-13-20(41)33-12(7-5-8-28-22(27)34-21(42)23(24,25)26)18(39)29-11-16(36)32-14(9-17(37)38)19(40)30-10-15(35)31-13/h12-14H,2-11H2,1H3,(H,29,39)(H,30,40)(H,31,35)(H,32,36)(H,33,41)(H,37,38)(H3,27,28,34,42). The third kappa shape index (κ3) is 13.8. The smallest absolute Gasteiger partial charge is 0.471 e. The van der Waals surface area contributed by atoms with Crippen LogP contribution in [-0.2, 0) is 33.6 Å². The lowest BCUT2D eigenvalue weighted by Gasteiger charge is -2.23. The highest BCUT2D eigenvalue weighted by atomic mass is 19.4. The molecular weight excluding hydrogens is 573 g/mol. The molecule has 1 saturated heterocycles. The van der Waals surface area contributed by atoms with E-state index in [1.165, 1.54) is 5.32 Å². The van der Waals surface area contributed by atoms with Crippen LogP contribution in [0.1, 0.15) is 51.9 Å². The third-order valence-corrected chi connectivity index (χ3v) is 5.69. The number of alkyl halides is 3. The second-order valence-corrected chi connectivity index (χ2v) is 9.19. The predicted molar refractivity (Wildman–Crippen MR) is 138 cm³/mol. The quantitative estimate of drug-likeness (QED) is 0.0741. The molecule has 0 bridgehead atoms. The van der Waals surface area contributed by atoms with Crippen LogP contribution < -0.4 is 37.6 Å². The summed E-state index contributed by atoms with van der Waals surface area (Å²) in [7, 11) is 0. The number of rotatable bonds is 10. The van der Waals surface area contributed by atoms with Gasteiger partial charge in [-0.1, -0.05) is 26.2 Å². The maximum Gasteiger partial charge on any atom is 0.471 e. The van der Waals surface area contributed by atoms with Crippen molar-refractivity contribution in [1.82, 2.24) is 31.9 Å². The van der Waals surface area contributed by atoms with E-state index in [1.807, 2.05) is 6.92 Å². The van der Waals surface area contributed by atoms with E-state index in [0.717, 1.165) is 12.8 Å². The number of nitrogens with two attached hydrogens (primary N) is 1. The van der Waals surface area contributed by atoms with E-state index >= 15 is 0 Å². The number of unbranched alkanes of at least 4 members (excludes halogenated alkanes) is 2. The van der Waals surface area contributed by atoms with Gasteiger partial charge in [-0.2, -0.15) is 13.2 Å². The van der Waals surface area contributed by atoms with E-state index in [9.17, 15) is 46.7 Å². The zero-order chi connectivity index (χ0) is 31.9. The highest BCUT2D eigenvalue weighted by Gasteiger charge is 2.39. The Morgan fingerprint density at radius 2 is 1.40 bits per heavy atom. The molecule has 0 aromatic rings. The largest absolute Gasteiger partial charge is 0.481 e. The normalized spacial score (nSPS) is 21.5. The molecule has 16 nitrogen and oxygen atoms in total. The van der Waals surface area contributed by atoms with Crippen LogP contribution in [0, 0.1) is 0 Å². The maximum atomic E-state index is 13.1. The first kappa shape index (κ1) is 35.6. The average Bonchev–Trinajstić information content (AvgIpc) is 2.89. The first-order valence-corrected chi connectivity index (χ1v) is 13.0. The van der Waals surface area contributed by atoms with Crippen molar-refractivity contribution in [3.63, 3.8) is 0 Å². The minimum Gasteiger partial charge on any atom is -0.481 e. The lowest BCUT2D eigenvalue weighted by molar-refractivity contribution is -0.171. The molecule has 0 aliphatic carbocycles. The number of nitrogens with one attached hydrogen (secondary N) is 6. The number of halogens is 3. The number of carbonyl (C=O) groups is 7. The molecule has 3 unspecified atom stereocenters. The monoisotopic (exact) mass is 608 g/mol. The first-order valence-electron chi connectivity index (χ1n) is 13.0. The van der Waals surface area contributed by atoms with Crippen molar-refractivity contribution in [2.45, 2.75) is 76.2 Å². The molecule has 1 heterocycles.